The quantitative estimate of drug-likeness (QED) is 0.737. The fraction of sp³-hybridized carbons (Fsp3) is 0.235. The fourth-order valence-corrected chi connectivity index (χ4v) is 3.09. The third-order valence-electron chi connectivity index (χ3n) is 3.37. The number of rotatable bonds is 6. The maximum atomic E-state index is 6.21. The molecular weight excluding hydrogens is 312 g/mol. The molecule has 0 bridgehead atoms. The zero-order chi connectivity index (χ0) is 14.5. The van der Waals surface area contributed by atoms with Crippen molar-refractivity contribution in [2.45, 2.75) is 12.5 Å². The lowest BCUT2D eigenvalue weighted by Gasteiger charge is -2.18. The highest BCUT2D eigenvalue weighted by Crippen LogP contribution is 2.29. The van der Waals surface area contributed by atoms with Crippen molar-refractivity contribution in [3.8, 4) is 5.75 Å². The summed E-state index contributed by atoms with van der Waals surface area (Å²) in [6, 6.07) is 14.3. The maximum absolute atomic E-state index is 6.21. The fourth-order valence-electron chi connectivity index (χ4n) is 2.30. The zero-order valence-electron chi connectivity index (χ0n) is 12.5. The monoisotopic (exact) mass is 332 g/mol. The topological polar surface area (TPSA) is 34.1 Å². The standard InChI is InChI=1S/C17H18N2OS.H2S/c1-18-10-8-16(17-5-3-11-21-17)20-14-6-7-15-13(12-14)4-2-9-19-15;/h2-7,9,11-12,16,18H,8,10H2,1H3;1H2/t16-;/m0./s1. The van der Waals surface area contributed by atoms with Crippen LogP contribution in [0.25, 0.3) is 10.9 Å². The van der Waals surface area contributed by atoms with Crippen LogP contribution in [0.5, 0.6) is 5.75 Å². The second-order valence-corrected chi connectivity index (χ2v) is 5.85. The number of nitrogens with zero attached hydrogens (tertiary/aromatic N) is 1. The third kappa shape index (κ3) is 4.00. The number of benzene rings is 1. The molecule has 0 spiro atoms. The molecule has 0 aliphatic carbocycles. The highest BCUT2D eigenvalue weighted by molar-refractivity contribution is 7.59. The third-order valence-corrected chi connectivity index (χ3v) is 4.33. The van der Waals surface area contributed by atoms with Gasteiger partial charge in [0.15, 0.2) is 0 Å². The van der Waals surface area contributed by atoms with Crippen LogP contribution in [0.4, 0.5) is 0 Å². The van der Waals surface area contributed by atoms with Crippen LogP contribution in [0, 0.1) is 0 Å². The molecule has 3 nitrogen and oxygen atoms in total. The van der Waals surface area contributed by atoms with E-state index in [1.165, 1.54) is 4.88 Å². The van der Waals surface area contributed by atoms with Crippen LogP contribution in [0.3, 0.4) is 0 Å². The summed E-state index contributed by atoms with van der Waals surface area (Å²) >= 11 is 1.74. The van der Waals surface area contributed by atoms with Crippen LogP contribution in [0.15, 0.2) is 54.0 Å². The van der Waals surface area contributed by atoms with E-state index in [0.29, 0.717) is 0 Å². The summed E-state index contributed by atoms with van der Waals surface area (Å²) in [7, 11) is 1.97. The molecule has 0 fully saturated rings. The van der Waals surface area contributed by atoms with Crippen molar-refractivity contribution >= 4 is 35.7 Å². The normalized spacial score (nSPS) is 11.9. The minimum Gasteiger partial charge on any atom is -0.485 e. The van der Waals surface area contributed by atoms with Gasteiger partial charge in [0.2, 0.25) is 0 Å². The van der Waals surface area contributed by atoms with E-state index >= 15 is 0 Å². The Hall–Kier alpha value is -1.56. The Kier molecular flexibility index (Phi) is 6.24. The van der Waals surface area contributed by atoms with Crippen LogP contribution >= 0.6 is 24.8 Å². The van der Waals surface area contributed by atoms with Gasteiger partial charge in [0.25, 0.3) is 0 Å². The van der Waals surface area contributed by atoms with Crippen LogP contribution < -0.4 is 10.1 Å². The first-order valence-electron chi connectivity index (χ1n) is 7.06. The van der Waals surface area contributed by atoms with E-state index < -0.39 is 0 Å². The Labute approximate surface area is 141 Å². The van der Waals surface area contributed by atoms with Gasteiger partial charge in [-0.1, -0.05) is 12.1 Å². The average molecular weight is 332 g/mol. The van der Waals surface area contributed by atoms with Crippen LogP contribution in [0.2, 0.25) is 0 Å². The summed E-state index contributed by atoms with van der Waals surface area (Å²) in [4.78, 5) is 5.60. The molecule has 0 radical (unpaired) electrons. The van der Waals surface area contributed by atoms with Crippen molar-refractivity contribution in [2.75, 3.05) is 13.6 Å². The Morgan fingerprint density at radius 3 is 2.91 bits per heavy atom. The number of nitrogens with one attached hydrogen (secondary N) is 1. The molecule has 2 heterocycles. The number of ether oxygens (including phenoxy) is 1. The van der Waals surface area contributed by atoms with E-state index in [1.54, 1.807) is 11.3 Å². The summed E-state index contributed by atoms with van der Waals surface area (Å²) in [5.74, 6) is 0.894. The molecule has 0 saturated carbocycles. The Morgan fingerprint density at radius 1 is 1.23 bits per heavy atom. The minimum atomic E-state index is 0. The predicted octanol–water partition coefficient (Wildman–Crippen LogP) is 4.14. The van der Waals surface area contributed by atoms with Crippen LogP contribution in [0.1, 0.15) is 17.4 Å². The summed E-state index contributed by atoms with van der Waals surface area (Å²) < 4.78 is 6.21. The molecule has 3 aromatic rings. The second kappa shape index (κ2) is 8.17. The molecule has 1 N–H and O–H groups in total. The highest BCUT2D eigenvalue weighted by atomic mass is 32.1. The molecule has 1 aromatic carbocycles. The minimum absolute atomic E-state index is 0. The lowest BCUT2D eigenvalue weighted by atomic mass is 10.2. The van der Waals surface area contributed by atoms with Gasteiger partial charge in [-0.15, -0.1) is 11.3 Å². The molecule has 0 amide bonds. The van der Waals surface area contributed by atoms with Crippen molar-refractivity contribution in [1.29, 1.82) is 0 Å². The summed E-state index contributed by atoms with van der Waals surface area (Å²) in [6.07, 6.45) is 2.85. The van der Waals surface area contributed by atoms with Crippen molar-refractivity contribution in [2.24, 2.45) is 0 Å². The van der Waals surface area contributed by atoms with Crippen molar-refractivity contribution in [1.82, 2.24) is 10.3 Å². The van der Waals surface area contributed by atoms with Gasteiger partial charge in [0.1, 0.15) is 11.9 Å². The SMILES string of the molecule is CNCC[C@H](Oc1ccc2ncccc2c1)c1cccs1.S. The van der Waals surface area contributed by atoms with Gasteiger partial charge in [-0.3, -0.25) is 4.98 Å². The van der Waals surface area contributed by atoms with E-state index in [-0.39, 0.29) is 19.6 Å². The van der Waals surface area contributed by atoms with Gasteiger partial charge in [-0.25, -0.2) is 0 Å². The first-order chi connectivity index (χ1) is 10.4. The van der Waals surface area contributed by atoms with Gasteiger partial charge in [-0.2, -0.15) is 13.5 Å². The molecule has 3 rings (SSSR count). The van der Waals surface area contributed by atoms with Crippen LogP contribution in [-0.2, 0) is 0 Å². The molecule has 116 valence electrons. The summed E-state index contributed by atoms with van der Waals surface area (Å²) in [5, 5.41) is 6.39. The van der Waals surface area contributed by atoms with E-state index in [4.69, 9.17) is 4.74 Å². The van der Waals surface area contributed by atoms with Crippen molar-refractivity contribution < 1.29 is 4.74 Å². The zero-order valence-corrected chi connectivity index (χ0v) is 14.3. The number of hydrogen-bond acceptors (Lipinski definition) is 4. The molecule has 0 saturated heterocycles. The second-order valence-electron chi connectivity index (χ2n) is 4.87. The first kappa shape index (κ1) is 16.8. The predicted molar refractivity (Wildman–Crippen MR) is 98.4 cm³/mol. The highest BCUT2D eigenvalue weighted by Gasteiger charge is 2.14. The average Bonchev–Trinajstić information content (AvgIpc) is 3.05. The lowest BCUT2D eigenvalue weighted by Crippen LogP contribution is -2.15. The number of pyridine rings is 1. The molecule has 5 heteroatoms. The molecule has 1 atom stereocenters. The maximum Gasteiger partial charge on any atom is 0.134 e. The van der Waals surface area contributed by atoms with Gasteiger partial charge in [0.05, 0.1) is 5.52 Å². The van der Waals surface area contributed by atoms with E-state index in [9.17, 15) is 0 Å². The summed E-state index contributed by atoms with van der Waals surface area (Å²) in [5.41, 5.74) is 0.993. The van der Waals surface area contributed by atoms with Crippen molar-refractivity contribution in [3.05, 3.63) is 58.9 Å². The van der Waals surface area contributed by atoms with E-state index in [0.717, 1.165) is 29.6 Å². The van der Waals surface area contributed by atoms with E-state index in [1.807, 2.05) is 31.4 Å². The molecular formula is C17H20N2OS2. The van der Waals surface area contributed by atoms with Crippen molar-refractivity contribution in [3.63, 3.8) is 0 Å². The lowest BCUT2D eigenvalue weighted by molar-refractivity contribution is 0.199. The Balaban J connectivity index is 0.00000176. The molecule has 22 heavy (non-hydrogen) atoms. The Morgan fingerprint density at radius 2 is 2.14 bits per heavy atom. The van der Waals surface area contributed by atoms with Gasteiger partial charge < -0.3 is 10.1 Å². The molecule has 2 aromatic heterocycles. The van der Waals surface area contributed by atoms with E-state index in [2.05, 4.69) is 39.9 Å². The van der Waals surface area contributed by atoms with Crippen LogP contribution in [-0.4, -0.2) is 18.6 Å². The largest absolute Gasteiger partial charge is 0.485 e. The van der Waals surface area contributed by atoms with Gasteiger partial charge >= 0.3 is 0 Å². The summed E-state index contributed by atoms with van der Waals surface area (Å²) in [6.45, 7) is 0.928. The van der Waals surface area contributed by atoms with Gasteiger partial charge in [0, 0.05) is 22.9 Å². The van der Waals surface area contributed by atoms with Gasteiger partial charge in [-0.05, 0) is 49.3 Å². The number of fused-ring (bicyclic) bond motifs is 1. The molecule has 0 unspecified atom stereocenters. The Bertz CT molecular complexity index is 701. The number of aromatic nitrogens is 1. The number of hydrogen-bond donors (Lipinski definition) is 1. The molecule has 0 aliphatic heterocycles. The smallest absolute Gasteiger partial charge is 0.134 e. The molecule has 0 aliphatic rings. The first-order valence-corrected chi connectivity index (χ1v) is 7.94. The number of thiophene rings is 1.